The number of aromatic nitrogens is 1. The molecule has 0 aliphatic rings. The SMILES string of the molecule is CC(C)OCCOc1cc(CN)cc(C(C)(C)C)n1. The van der Waals surface area contributed by atoms with Gasteiger partial charge in [0.2, 0.25) is 5.88 Å². The van der Waals surface area contributed by atoms with Crippen LogP contribution in [0.2, 0.25) is 0 Å². The Morgan fingerprint density at radius 2 is 1.89 bits per heavy atom. The summed E-state index contributed by atoms with van der Waals surface area (Å²) in [5, 5.41) is 0. The van der Waals surface area contributed by atoms with Crippen molar-refractivity contribution in [2.45, 2.75) is 52.7 Å². The van der Waals surface area contributed by atoms with E-state index in [4.69, 9.17) is 15.2 Å². The van der Waals surface area contributed by atoms with Gasteiger partial charge in [-0.05, 0) is 25.5 Å². The second-order valence-corrected chi connectivity index (χ2v) is 5.92. The van der Waals surface area contributed by atoms with E-state index in [0.29, 0.717) is 25.6 Å². The molecule has 0 bridgehead atoms. The van der Waals surface area contributed by atoms with Crippen molar-refractivity contribution in [2.75, 3.05) is 13.2 Å². The Bertz CT molecular complexity index is 398. The summed E-state index contributed by atoms with van der Waals surface area (Å²) in [5.74, 6) is 0.625. The zero-order valence-electron chi connectivity index (χ0n) is 12.7. The van der Waals surface area contributed by atoms with E-state index in [2.05, 4.69) is 25.8 Å². The normalized spacial score (nSPS) is 11.9. The molecule has 1 heterocycles. The number of hydrogen-bond donors (Lipinski definition) is 1. The molecule has 108 valence electrons. The molecule has 0 aromatic carbocycles. The predicted molar refractivity (Wildman–Crippen MR) is 77.4 cm³/mol. The Kier molecular flexibility index (Phi) is 5.76. The van der Waals surface area contributed by atoms with Crippen LogP contribution in [0.4, 0.5) is 0 Å². The Balaban J connectivity index is 2.72. The number of hydrogen-bond acceptors (Lipinski definition) is 4. The number of pyridine rings is 1. The van der Waals surface area contributed by atoms with Crippen LogP contribution in [0.5, 0.6) is 5.88 Å². The van der Waals surface area contributed by atoms with Crippen molar-refractivity contribution in [3.8, 4) is 5.88 Å². The maximum atomic E-state index is 5.72. The van der Waals surface area contributed by atoms with Gasteiger partial charge in [-0.3, -0.25) is 0 Å². The molecule has 4 heteroatoms. The van der Waals surface area contributed by atoms with Gasteiger partial charge in [0.25, 0.3) is 0 Å². The van der Waals surface area contributed by atoms with Crippen molar-refractivity contribution in [3.05, 3.63) is 23.4 Å². The highest BCUT2D eigenvalue weighted by molar-refractivity contribution is 5.28. The smallest absolute Gasteiger partial charge is 0.213 e. The summed E-state index contributed by atoms with van der Waals surface area (Å²) < 4.78 is 11.1. The Labute approximate surface area is 116 Å². The van der Waals surface area contributed by atoms with Crippen LogP contribution in [0.25, 0.3) is 0 Å². The summed E-state index contributed by atoms with van der Waals surface area (Å²) in [7, 11) is 0. The molecule has 2 N–H and O–H groups in total. The second kappa shape index (κ2) is 6.87. The zero-order valence-corrected chi connectivity index (χ0v) is 12.7. The molecule has 0 aliphatic carbocycles. The molecule has 0 saturated heterocycles. The third-order valence-electron chi connectivity index (χ3n) is 2.65. The van der Waals surface area contributed by atoms with E-state index >= 15 is 0 Å². The van der Waals surface area contributed by atoms with Crippen LogP contribution in [0.15, 0.2) is 12.1 Å². The maximum absolute atomic E-state index is 5.72. The molecule has 0 saturated carbocycles. The van der Waals surface area contributed by atoms with Crippen LogP contribution in [-0.4, -0.2) is 24.3 Å². The molecule has 0 radical (unpaired) electrons. The van der Waals surface area contributed by atoms with Gasteiger partial charge in [-0.2, -0.15) is 0 Å². The molecule has 0 unspecified atom stereocenters. The van der Waals surface area contributed by atoms with Gasteiger partial charge in [-0.15, -0.1) is 0 Å². The minimum atomic E-state index is -0.0161. The Hall–Kier alpha value is -1.13. The molecule has 1 rings (SSSR count). The molecule has 19 heavy (non-hydrogen) atoms. The summed E-state index contributed by atoms with van der Waals surface area (Å²) >= 11 is 0. The average Bonchev–Trinajstić information content (AvgIpc) is 2.33. The zero-order chi connectivity index (χ0) is 14.5. The van der Waals surface area contributed by atoms with Crippen molar-refractivity contribution < 1.29 is 9.47 Å². The Morgan fingerprint density at radius 1 is 1.21 bits per heavy atom. The topological polar surface area (TPSA) is 57.4 Å². The van der Waals surface area contributed by atoms with Crippen LogP contribution < -0.4 is 10.5 Å². The van der Waals surface area contributed by atoms with Gasteiger partial charge in [0.1, 0.15) is 6.61 Å². The number of ether oxygens (including phenoxy) is 2. The van der Waals surface area contributed by atoms with Crippen molar-refractivity contribution >= 4 is 0 Å². The first-order valence-electron chi connectivity index (χ1n) is 6.79. The molecule has 0 atom stereocenters. The minimum Gasteiger partial charge on any atom is -0.475 e. The van der Waals surface area contributed by atoms with Crippen molar-refractivity contribution in [1.29, 1.82) is 0 Å². The molecule has 0 fully saturated rings. The first-order valence-corrected chi connectivity index (χ1v) is 6.79. The molecule has 0 spiro atoms. The van der Waals surface area contributed by atoms with Gasteiger partial charge in [0.15, 0.2) is 0 Å². The van der Waals surface area contributed by atoms with E-state index < -0.39 is 0 Å². The molecular formula is C15H26N2O2. The lowest BCUT2D eigenvalue weighted by Crippen LogP contribution is -2.17. The van der Waals surface area contributed by atoms with E-state index in [1.807, 2.05) is 26.0 Å². The van der Waals surface area contributed by atoms with Crippen LogP contribution in [0.3, 0.4) is 0 Å². The summed E-state index contributed by atoms with van der Waals surface area (Å²) in [4.78, 5) is 4.54. The Morgan fingerprint density at radius 3 is 2.42 bits per heavy atom. The van der Waals surface area contributed by atoms with Crippen LogP contribution in [0.1, 0.15) is 45.9 Å². The van der Waals surface area contributed by atoms with E-state index in [0.717, 1.165) is 11.3 Å². The monoisotopic (exact) mass is 266 g/mol. The molecular weight excluding hydrogens is 240 g/mol. The van der Waals surface area contributed by atoms with E-state index in [1.54, 1.807) is 0 Å². The highest BCUT2D eigenvalue weighted by Gasteiger charge is 2.17. The average molecular weight is 266 g/mol. The van der Waals surface area contributed by atoms with Crippen LogP contribution >= 0.6 is 0 Å². The summed E-state index contributed by atoms with van der Waals surface area (Å²) in [6.45, 7) is 11.9. The van der Waals surface area contributed by atoms with E-state index in [1.165, 1.54) is 0 Å². The second-order valence-electron chi connectivity index (χ2n) is 5.92. The van der Waals surface area contributed by atoms with Crippen molar-refractivity contribution in [3.63, 3.8) is 0 Å². The first kappa shape index (κ1) is 15.9. The van der Waals surface area contributed by atoms with Crippen LogP contribution in [-0.2, 0) is 16.7 Å². The number of nitrogens with zero attached hydrogens (tertiary/aromatic N) is 1. The summed E-state index contributed by atoms with van der Waals surface area (Å²) in [5.41, 5.74) is 7.74. The van der Waals surface area contributed by atoms with Gasteiger partial charge in [-0.1, -0.05) is 20.8 Å². The van der Waals surface area contributed by atoms with Gasteiger partial charge < -0.3 is 15.2 Å². The van der Waals surface area contributed by atoms with Crippen LogP contribution in [0, 0.1) is 0 Å². The number of nitrogens with two attached hydrogens (primary N) is 1. The molecule has 4 nitrogen and oxygen atoms in total. The van der Waals surface area contributed by atoms with Gasteiger partial charge in [0.05, 0.1) is 18.4 Å². The van der Waals surface area contributed by atoms with Gasteiger partial charge >= 0.3 is 0 Å². The minimum absolute atomic E-state index is 0.0161. The molecule has 0 amide bonds. The van der Waals surface area contributed by atoms with Crippen molar-refractivity contribution in [1.82, 2.24) is 4.98 Å². The third-order valence-corrected chi connectivity index (χ3v) is 2.65. The molecule has 0 aliphatic heterocycles. The van der Waals surface area contributed by atoms with E-state index in [-0.39, 0.29) is 11.5 Å². The summed E-state index contributed by atoms with van der Waals surface area (Å²) in [6.07, 6.45) is 0.220. The van der Waals surface area contributed by atoms with Gasteiger partial charge in [0, 0.05) is 18.0 Å². The predicted octanol–water partition coefficient (Wildman–Crippen LogP) is 2.64. The van der Waals surface area contributed by atoms with Crippen molar-refractivity contribution in [2.24, 2.45) is 5.73 Å². The highest BCUT2D eigenvalue weighted by Crippen LogP contribution is 2.24. The lowest BCUT2D eigenvalue weighted by molar-refractivity contribution is 0.0541. The summed E-state index contributed by atoms with van der Waals surface area (Å²) in [6, 6.07) is 3.93. The molecule has 1 aromatic heterocycles. The quantitative estimate of drug-likeness (QED) is 0.804. The standard InChI is InChI=1S/C15H26N2O2/c1-11(2)18-6-7-19-14-9-12(10-16)8-13(17-14)15(3,4)5/h8-9,11H,6-7,10,16H2,1-5H3. The fourth-order valence-corrected chi connectivity index (χ4v) is 1.57. The first-order chi connectivity index (χ1) is 8.82. The largest absolute Gasteiger partial charge is 0.475 e. The fourth-order valence-electron chi connectivity index (χ4n) is 1.57. The lowest BCUT2D eigenvalue weighted by Gasteiger charge is -2.19. The van der Waals surface area contributed by atoms with Gasteiger partial charge in [-0.25, -0.2) is 4.98 Å². The lowest BCUT2D eigenvalue weighted by atomic mass is 9.91. The third kappa shape index (κ3) is 5.57. The maximum Gasteiger partial charge on any atom is 0.213 e. The highest BCUT2D eigenvalue weighted by atomic mass is 16.5. The number of rotatable bonds is 6. The molecule has 1 aromatic rings. The van der Waals surface area contributed by atoms with E-state index in [9.17, 15) is 0 Å². The fraction of sp³-hybridized carbons (Fsp3) is 0.667.